The zero-order valence-electron chi connectivity index (χ0n) is 16.1. The number of hydrogen-bond acceptors (Lipinski definition) is 5. The van der Waals surface area contributed by atoms with Crippen LogP contribution in [0, 0.1) is 0 Å². The van der Waals surface area contributed by atoms with Crippen LogP contribution in [-0.2, 0) is 23.8 Å². The molecule has 0 unspecified atom stereocenters. The van der Waals surface area contributed by atoms with Crippen LogP contribution in [0.1, 0.15) is 29.5 Å². The average Bonchev–Trinajstić information content (AvgIpc) is 2.73. The Morgan fingerprint density at radius 3 is 2.57 bits per heavy atom. The predicted octanol–water partition coefficient (Wildman–Crippen LogP) is 5.68. The molecule has 0 saturated heterocycles. The fraction of sp³-hybridized carbons (Fsp3) is 0.350. The number of thioether (sulfide) groups is 1. The molecule has 162 valence electrons. The molecule has 0 aliphatic heterocycles. The van der Waals surface area contributed by atoms with Crippen LogP contribution in [0.25, 0.3) is 0 Å². The number of benzene rings is 1. The van der Waals surface area contributed by atoms with Gasteiger partial charge in [0.1, 0.15) is 17.1 Å². The summed E-state index contributed by atoms with van der Waals surface area (Å²) in [6.07, 6.45) is 1.30. The van der Waals surface area contributed by atoms with E-state index in [9.17, 15) is 22.8 Å². The molecule has 1 heterocycles. The minimum atomic E-state index is -4.47. The highest BCUT2D eigenvalue weighted by molar-refractivity contribution is 8.14. The van der Waals surface area contributed by atoms with Crippen molar-refractivity contribution in [1.82, 2.24) is 10.3 Å². The zero-order chi connectivity index (χ0) is 22.1. The molecule has 1 aliphatic rings. The van der Waals surface area contributed by atoms with Gasteiger partial charge in [0.05, 0.1) is 11.3 Å². The third-order valence-electron chi connectivity index (χ3n) is 4.16. The largest absolute Gasteiger partial charge is 0.438 e. The lowest BCUT2D eigenvalue weighted by molar-refractivity contribution is -0.137. The second kappa shape index (κ2) is 11.2. The highest BCUT2D eigenvalue weighted by Gasteiger charge is 2.31. The number of carbonyl (C=O) groups excluding carboxylic acids is 2. The summed E-state index contributed by atoms with van der Waals surface area (Å²) in [5.41, 5.74) is 1.62. The van der Waals surface area contributed by atoms with Gasteiger partial charge in [-0.1, -0.05) is 29.4 Å². The maximum Gasteiger partial charge on any atom is 0.417 e. The molecule has 0 bridgehead atoms. The van der Waals surface area contributed by atoms with E-state index in [2.05, 4.69) is 10.3 Å². The molecule has 1 aliphatic carbocycles. The fourth-order valence-corrected chi connectivity index (χ4v) is 3.29. The topological polar surface area (TPSA) is 68.3 Å². The normalized spacial score (nSPS) is 12.8. The first-order valence-corrected chi connectivity index (χ1v) is 10.4. The Morgan fingerprint density at radius 1 is 1.27 bits per heavy atom. The molecule has 3 rings (SSSR count). The lowest BCUT2D eigenvalue weighted by Gasteiger charge is -2.17. The second-order valence-corrected chi connectivity index (χ2v) is 7.66. The minimum Gasteiger partial charge on any atom is -0.438 e. The van der Waals surface area contributed by atoms with E-state index in [4.69, 9.17) is 16.3 Å². The van der Waals surface area contributed by atoms with Crippen molar-refractivity contribution < 1.29 is 27.5 Å². The Balaban J connectivity index is 0.000000343. The number of carbonyl (C=O) groups is 2. The lowest BCUT2D eigenvalue weighted by atomic mass is 9.92. The zero-order valence-corrected chi connectivity index (χ0v) is 17.7. The number of amides is 1. The Morgan fingerprint density at radius 2 is 1.97 bits per heavy atom. The van der Waals surface area contributed by atoms with Crippen LogP contribution >= 0.6 is 23.4 Å². The van der Waals surface area contributed by atoms with Crippen molar-refractivity contribution in [2.75, 3.05) is 12.8 Å². The van der Waals surface area contributed by atoms with Gasteiger partial charge in [0, 0.05) is 13.2 Å². The van der Waals surface area contributed by atoms with Crippen LogP contribution in [0.5, 0.6) is 11.6 Å². The Labute approximate surface area is 181 Å². The number of alkyl halides is 3. The Bertz CT molecular complexity index is 894. The van der Waals surface area contributed by atoms with Crippen molar-refractivity contribution in [2.45, 2.75) is 31.9 Å². The first-order valence-electron chi connectivity index (χ1n) is 9.05. The summed E-state index contributed by atoms with van der Waals surface area (Å²) in [6, 6.07) is 6.51. The number of aldehydes is 1. The van der Waals surface area contributed by atoms with Crippen LogP contribution in [0.15, 0.2) is 30.5 Å². The molecule has 0 fully saturated rings. The maximum atomic E-state index is 12.6. The van der Waals surface area contributed by atoms with E-state index in [0.717, 1.165) is 43.3 Å². The first kappa shape index (κ1) is 24.0. The number of halogens is 4. The van der Waals surface area contributed by atoms with Gasteiger partial charge in [0.2, 0.25) is 5.88 Å². The predicted molar refractivity (Wildman–Crippen MR) is 110 cm³/mol. The van der Waals surface area contributed by atoms with Crippen molar-refractivity contribution in [3.05, 3.63) is 52.2 Å². The summed E-state index contributed by atoms with van der Waals surface area (Å²) in [5.74, 6) is 0.750. The Kier molecular flexibility index (Phi) is 8.98. The SMILES string of the molecule is CNC(=O)SCC=O.FC(F)(F)c1cnc(Oc2ccc3c(c2)CCCC3)c(Cl)c1. The van der Waals surface area contributed by atoms with Crippen LogP contribution in [-0.4, -0.2) is 29.3 Å². The monoisotopic (exact) mass is 460 g/mol. The molecule has 0 radical (unpaired) electrons. The highest BCUT2D eigenvalue weighted by atomic mass is 35.5. The fourth-order valence-electron chi connectivity index (χ4n) is 2.72. The summed E-state index contributed by atoms with van der Waals surface area (Å²) < 4.78 is 43.3. The van der Waals surface area contributed by atoms with Crippen LogP contribution in [0.3, 0.4) is 0 Å². The standard InChI is InChI=1S/C16H13ClF3NO.C4H7NO2S/c17-14-8-12(16(18,19)20)9-21-15(14)22-13-6-5-10-3-1-2-4-11(10)7-13;1-5-4(7)8-3-2-6/h5-9H,1-4H2;2H,3H2,1H3,(H,5,7). The molecule has 30 heavy (non-hydrogen) atoms. The molecular weight excluding hydrogens is 441 g/mol. The van der Waals surface area contributed by atoms with Crippen molar-refractivity contribution in [3.63, 3.8) is 0 Å². The number of nitrogens with zero attached hydrogens (tertiary/aromatic N) is 1. The van der Waals surface area contributed by atoms with Crippen molar-refractivity contribution in [3.8, 4) is 11.6 Å². The molecular formula is C20H20ClF3N2O3S. The summed E-state index contributed by atoms with van der Waals surface area (Å²) in [5, 5.41) is 2.04. The third kappa shape index (κ3) is 7.21. The van der Waals surface area contributed by atoms with Crippen molar-refractivity contribution >= 4 is 34.9 Å². The molecule has 1 N–H and O–H groups in total. The smallest absolute Gasteiger partial charge is 0.417 e. The van der Waals surface area contributed by atoms with Gasteiger partial charge in [0.25, 0.3) is 5.24 Å². The molecule has 10 heteroatoms. The molecule has 0 atom stereocenters. The summed E-state index contributed by atoms with van der Waals surface area (Å²) in [6.45, 7) is 0. The van der Waals surface area contributed by atoms with E-state index in [0.29, 0.717) is 12.0 Å². The van der Waals surface area contributed by atoms with E-state index in [1.54, 1.807) is 6.07 Å². The minimum absolute atomic E-state index is 0.0228. The van der Waals surface area contributed by atoms with Gasteiger partial charge in [-0.2, -0.15) is 13.2 Å². The summed E-state index contributed by atoms with van der Waals surface area (Å²) in [4.78, 5) is 23.6. The van der Waals surface area contributed by atoms with E-state index in [-0.39, 0.29) is 21.9 Å². The number of rotatable bonds is 4. The van der Waals surface area contributed by atoms with Gasteiger partial charge in [-0.25, -0.2) is 4.98 Å². The van der Waals surface area contributed by atoms with E-state index < -0.39 is 11.7 Å². The van der Waals surface area contributed by atoms with Crippen molar-refractivity contribution in [1.29, 1.82) is 0 Å². The number of hydrogen-bond donors (Lipinski definition) is 1. The van der Waals surface area contributed by atoms with Crippen LogP contribution in [0.2, 0.25) is 5.02 Å². The van der Waals surface area contributed by atoms with Crippen LogP contribution < -0.4 is 10.1 Å². The van der Waals surface area contributed by atoms with Gasteiger partial charge < -0.3 is 14.8 Å². The molecule has 2 aromatic rings. The quantitative estimate of drug-likeness (QED) is 0.594. The highest BCUT2D eigenvalue weighted by Crippen LogP contribution is 2.35. The average molecular weight is 461 g/mol. The van der Waals surface area contributed by atoms with E-state index in [1.165, 1.54) is 24.6 Å². The molecule has 1 aromatic heterocycles. The van der Waals surface area contributed by atoms with Gasteiger partial charge in [-0.15, -0.1) is 0 Å². The van der Waals surface area contributed by atoms with Gasteiger partial charge in [0.15, 0.2) is 0 Å². The first-order chi connectivity index (χ1) is 14.2. The number of pyridine rings is 1. The molecule has 0 spiro atoms. The van der Waals surface area contributed by atoms with Crippen molar-refractivity contribution in [2.24, 2.45) is 0 Å². The van der Waals surface area contributed by atoms with Gasteiger partial charge in [-0.3, -0.25) is 4.79 Å². The number of aromatic nitrogens is 1. The molecule has 1 aromatic carbocycles. The number of aryl methyl sites for hydroxylation is 2. The number of nitrogens with one attached hydrogen (secondary N) is 1. The van der Waals surface area contributed by atoms with Crippen LogP contribution in [0.4, 0.5) is 18.0 Å². The lowest BCUT2D eigenvalue weighted by Crippen LogP contribution is -2.11. The van der Waals surface area contributed by atoms with E-state index in [1.807, 2.05) is 12.1 Å². The number of fused-ring (bicyclic) bond motifs is 1. The summed E-state index contributed by atoms with van der Waals surface area (Å²) >= 11 is 6.80. The van der Waals surface area contributed by atoms with Gasteiger partial charge in [-0.05, 0) is 55.0 Å². The third-order valence-corrected chi connectivity index (χ3v) is 5.20. The maximum absolute atomic E-state index is 12.6. The van der Waals surface area contributed by atoms with E-state index >= 15 is 0 Å². The summed E-state index contributed by atoms with van der Waals surface area (Å²) in [7, 11) is 1.53. The molecule has 1 amide bonds. The van der Waals surface area contributed by atoms with Gasteiger partial charge >= 0.3 is 6.18 Å². The molecule has 0 saturated carbocycles. The number of ether oxygens (including phenoxy) is 1. The second-order valence-electron chi connectivity index (χ2n) is 6.26. The Hall–Kier alpha value is -2.26. The molecule has 5 nitrogen and oxygen atoms in total.